The van der Waals surface area contributed by atoms with Crippen LogP contribution in [0.25, 0.3) is 0 Å². The molecule has 102 valence electrons. The molecule has 0 saturated heterocycles. The topological polar surface area (TPSA) is 32.3 Å². The second-order valence-electron chi connectivity index (χ2n) is 5.07. The van der Waals surface area contributed by atoms with Crippen LogP contribution >= 0.6 is 11.3 Å². The molecule has 0 spiro atoms. The second kappa shape index (κ2) is 6.85. The summed E-state index contributed by atoms with van der Waals surface area (Å²) in [6.07, 6.45) is 0.565. The van der Waals surface area contributed by atoms with Crippen molar-refractivity contribution < 1.29 is 5.11 Å². The van der Waals surface area contributed by atoms with Gasteiger partial charge in [0.25, 0.3) is 0 Å². The second-order valence-corrected chi connectivity index (χ2v) is 5.85. The normalized spacial score (nSPS) is 14.3. The fraction of sp³-hybridized carbons (Fsp3) is 0.375. The Morgan fingerprint density at radius 1 is 1.21 bits per heavy atom. The zero-order chi connectivity index (χ0) is 13.7. The molecular weight excluding hydrogens is 254 g/mol. The van der Waals surface area contributed by atoms with Crippen LogP contribution in [0.5, 0.6) is 0 Å². The molecule has 0 aliphatic heterocycles. The highest BCUT2D eigenvalue weighted by molar-refractivity contribution is 7.07. The van der Waals surface area contributed by atoms with E-state index in [0.717, 1.165) is 12.0 Å². The van der Waals surface area contributed by atoms with E-state index in [1.54, 1.807) is 11.3 Å². The van der Waals surface area contributed by atoms with Gasteiger partial charge >= 0.3 is 0 Å². The van der Waals surface area contributed by atoms with Gasteiger partial charge in [-0.05, 0) is 48.2 Å². The van der Waals surface area contributed by atoms with Crippen molar-refractivity contribution in [3.05, 3.63) is 57.8 Å². The molecule has 1 aromatic heterocycles. The molecule has 1 aromatic carbocycles. The molecule has 2 atom stereocenters. The van der Waals surface area contributed by atoms with E-state index in [-0.39, 0.29) is 0 Å². The fourth-order valence-corrected chi connectivity index (χ4v) is 2.74. The summed E-state index contributed by atoms with van der Waals surface area (Å²) in [5.41, 5.74) is 3.55. The average Bonchev–Trinajstić information content (AvgIpc) is 2.89. The van der Waals surface area contributed by atoms with Gasteiger partial charge in [-0.3, -0.25) is 0 Å². The quantitative estimate of drug-likeness (QED) is 0.847. The molecule has 0 aliphatic carbocycles. The van der Waals surface area contributed by atoms with E-state index in [0.29, 0.717) is 12.6 Å². The summed E-state index contributed by atoms with van der Waals surface area (Å²) in [7, 11) is 0. The molecule has 2 rings (SSSR count). The lowest BCUT2D eigenvalue weighted by Crippen LogP contribution is -2.31. The van der Waals surface area contributed by atoms with Crippen molar-refractivity contribution in [3.8, 4) is 0 Å². The highest BCUT2D eigenvalue weighted by atomic mass is 32.1. The highest BCUT2D eigenvalue weighted by Gasteiger charge is 2.09. The molecule has 0 fully saturated rings. The van der Waals surface area contributed by atoms with Crippen molar-refractivity contribution in [2.45, 2.75) is 32.4 Å². The summed E-state index contributed by atoms with van der Waals surface area (Å²) in [4.78, 5) is 0. The third-order valence-electron chi connectivity index (χ3n) is 3.24. The largest absolute Gasteiger partial charge is 0.387 e. The molecule has 3 heteroatoms. The number of aryl methyl sites for hydroxylation is 1. The maximum Gasteiger partial charge on any atom is 0.0914 e. The van der Waals surface area contributed by atoms with Gasteiger partial charge in [-0.25, -0.2) is 0 Å². The number of hydrogen-bond acceptors (Lipinski definition) is 3. The van der Waals surface area contributed by atoms with Crippen LogP contribution < -0.4 is 5.32 Å². The number of benzene rings is 1. The Morgan fingerprint density at radius 3 is 2.58 bits per heavy atom. The lowest BCUT2D eigenvalue weighted by Gasteiger charge is -2.17. The van der Waals surface area contributed by atoms with E-state index in [1.807, 2.05) is 24.3 Å². The van der Waals surface area contributed by atoms with Crippen LogP contribution in [0.3, 0.4) is 0 Å². The Hall–Kier alpha value is -1.16. The Balaban J connectivity index is 1.79. The standard InChI is InChI=1S/C16H21NOS/c1-12-3-5-15(6-4-12)16(18)10-17-13(2)9-14-7-8-19-11-14/h3-8,11,13,16-18H,9-10H2,1-2H3. The van der Waals surface area contributed by atoms with E-state index in [4.69, 9.17) is 0 Å². The van der Waals surface area contributed by atoms with Gasteiger partial charge in [-0.15, -0.1) is 0 Å². The van der Waals surface area contributed by atoms with Gasteiger partial charge in [0, 0.05) is 12.6 Å². The van der Waals surface area contributed by atoms with E-state index in [9.17, 15) is 5.11 Å². The van der Waals surface area contributed by atoms with Crippen LogP contribution in [0.2, 0.25) is 0 Å². The first kappa shape index (κ1) is 14.3. The Morgan fingerprint density at radius 2 is 1.95 bits per heavy atom. The summed E-state index contributed by atoms with van der Waals surface area (Å²) in [6, 6.07) is 10.6. The highest BCUT2D eigenvalue weighted by Crippen LogP contribution is 2.13. The maximum absolute atomic E-state index is 10.1. The first-order valence-corrected chi connectivity index (χ1v) is 7.58. The predicted octanol–water partition coefficient (Wildman–Crippen LogP) is 3.31. The third kappa shape index (κ3) is 4.46. The molecule has 19 heavy (non-hydrogen) atoms. The Bertz CT molecular complexity index is 478. The van der Waals surface area contributed by atoms with Crippen LogP contribution in [0.4, 0.5) is 0 Å². The first-order chi connectivity index (χ1) is 9.15. The van der Waals surface area contributed by atoms with Crippen molar-refractivity contribution in [2.24, 2.45) is 0 Å². The minimum Gasteiger partial charge on any atom is -0.387 e. The van der Waals surface area contributed by atoms with E-state index < -0.39 is 6.10 Å². The molecule has 2 aromatic rings. The Kier molecular flexibility index (Phi) is 5.14. The number of aliphatic hydroxyl groups excluding tert-OH is 1. The summed E-state index contributed by atoms with van der Waals surface area (Å²) in [5.74, 6) is 0. The molecule has 2 N–H and O–H groups in total. The number of nitrogens with one attached hydrogen (secondary N) is 1. The van der Waals surface area contributed by atoms with Crippen molar-refractivity contribution in [3.63, 3.8) is 0 Å². The molecule has 0 saturated carbocycles. The van der Waals surface area contributed by atoms with Gasteiger partial charge in [0.1, 0.15) is 0 Å². The van der Waals surface area contributed by atoms with Crippen LogP contribution in [0.1, 0.15) is 29.7 Å². The molecule has 2 nitrogen and oxygen atoms in total. The zero-order valence-corrected chi connectivity index (χ0v) is 12.3. The average molecular weight is 275 g/mol. The lowest BCUT2D eigenvalue weighted by molar-refractivity contribution is 0.170. The third-order valence-corrected chi connectivity index (χ3v) is 3.98. The number of thiophene rings is 1. The minimum atomic E-state index is -0.439. The molecule has 2 unspecified atom stereocenters. The monoisotopic (exact) mass is 275 g/mol. The van der Waals surface area contributed by atoms with Gasteiger partial charge in [0.15, 0.2) is 0 Å². The molecule has 1 heterocycles. The van der Waals surface area contributed by atoms with E-state index in [1.165, 1.54) is 11.1 Å². The SMILES string of the molecule is Cc1ccc(C(O)CNC(C)Cc2ccsc2)cc1. The van der Waals surface area contributed by atoms with Gasteiger partial charge in [-0.1, -0.05) is 29.8 Å². The minimum absolute atomic E-state index is 0.370. The summed E-state index contributed by atoms with van der Waals surface area (Å²) < 4.78 is 0. The molecule has 0 bridgehead atoms. The van der Waals surface area contributed by atoms with Gasteiger partial charge in [0.05, 0.1) is 6.10 Å². The van der Waals surface area contributed by atoms with E-state index >= 15 is 0 Å². The number of hydrogen-bond donors (Lipinski definition) is 2. The Labute approximate surface area is 119 Å². The van der Waals surface area contributed by atoms with Gasteiger partial charge in [0.2, 0.25) is 0 Å². The van der Waals surface area contributed by atoms with E-state index in [2.05, 4.69) is 36.0 Å². The predicted molar refractivity (Wildman–Crippen MR) is 81.6 cm³/mol. The van der Waals surface area contributed by atoms with Gasteiger partial charge < -0.3 is 10.4 Å². The molecule has 0 radical (unpaired) electrons. The van der Waals surface area contributed by atoms with Crippen molar-refractivity contribution >= 4 is 11.3 Å². The van der Waals surface area contributed by atoms with Crippen molar-refractivity contribution in [1.82, 2.24) is 5.32 Å². The zero-order valence-electron chi connectivity index (χ0n) is 11.5. The number of aliphatic hydroxyl groups is 1. The molecular formula is C16H21NOS. The van der Waals surface area contributed by atoms with Crippen molar-refractivity contribution in [2.75, 3.05) is 6.54 Å². The van der Waals surface area contributed by atoms with Crippen molar-refractivity contribution in [1.29, 1.82) is 0 Å². The fourth-order valence-electron chi connectivity index (χ4n) is 2.05. The summed E-state index contributed by atoms with van der Waals surface area (Å²) in [6.45, 7) is 4.80. The van der Waals surface area contributed by atoms with Crippen LogP contribution in [0.15, 0.2) is 41.1 Å². The van der Waals surface area contributed by atoms with Gasteiger partial charge in [-0.2, -0.15) is 11.3 Å². The van der Waals surface area contributed by atoms with Crippen LogP contribution in [-0.4, -0.2) is 17.7 Å². The maximum atomic E-state index is 10.1. The first-order valence-electron chi connectivity index (χ1n) is 6.64. The summed E-state index contributed by atoms with van der Waals surface area (Å²) >= 11 is 1.73. The van der Waals surface area contributed by atoms with Crippen LogP contribution in [-0.2, 0) is 6.42 Å². The molecule has 0 amide bonds. The smallest absolute Gasteiger partial charge is 0.0914 e. The molecule has 0 aliphatic rings. The lowest BCUT2D eigenvalue weighted by atomic mass is 10.1. The number of rotatable bonds is 6. The van der Waals surface area contributed by atoms with Crippen LogP contribution in [0, 0.1) is 6.92 Å². The summed E-state index contributed by atoms with van der Waals surface area (Å²) in [5, 5.41) is 17.8.